The first-order valence-electron chi connectivity index (χ1n) is 7.78. The van der Waals surface area contributed by atoms with Crippen LogP contribution in [0.1, 0.15) is 30.4 Å². The number of aryl methyl sites for hydroxylation is 2. The van der Waals surface area contributed by atoms with E-state index in [4.69, 9.17) is 24.5 Å². The van der Waals surface area contributed by atoms with Crippen molar-refractivity contribution in [2.24, 2.45) is 0 Å². The number of benzene rings is 1. The monoisotopic (exact) mass is 323 g/mol. The summed E-state index contributed by atoms with van der Waals surface area (Å²) in [7, 11) is 0. The van der Waals surface area contributed by atoms with E-state index in [1.54, 1.807) is 0 Å². The van der Waals surface area contributed by atoms with Crippen molar-refractivity contribution in [2.45, 2.75) is 33.1 Å². The van der Waals surface area contributed by atoms with Gasteiger partial charge in [0.25, 0.3) is 0 Å². The van der Waals surface area contributed by atoms with Gasteiger partial charge < -0.3 is 19.8 Å². The molecule has 2 N–H and O–H groups in total. The molecule has 1 saturated heterocycles. The van der Waals surface area contributed by atoms with Gasteiger partial charge in [0.05, 0.1) is 6.61 Å². The minimum Gasteiger partial charge on any atom is -0.493 e. The Morgan fingerprint density at radius 2 is 1.74 bits per heavy atom. The molecule has 1 aliphatic rings. The minimum atomic E-state index is -1.82. The molecule has 1 fully saturated rings. The molecule has 1 heterocycles. The molecule has 0 bridgehead atoms. The molecular weight excluding hydrogens is 298 g/mol. The van der Waals surface area contributed by atoms with Crippen molar-refractivity contribution in [1.82, 2.24) is 4.90 Å². The van der Waals surface area contributed by atoms with Crippen LogP contribution in [0.4, 0.5) is 0 Å². The molecule has 128 valence electrons. The number of ether oxygens (including phenoxy) is 1. The van der Waals surface area contributed by atoms with Gasteiger partial charge in [-0.1, -0.05) is 17.7 Å². The van der Waals surface area contributed by atoms with Crippen LogP contribution in [-0.2, 0) is 9.59 Å². The molecule has 6 heteroatoms. The zero-order valence-electron chi connectivity index (χ0n) is 13.7. The molecule has 0 saturated carbocycles. The molecule has 6 nitrogen and oxygen atoms in total. The largest absolute Gasteiger partial charge is 0.493 e. The van der Waals surface area contributed by atoms with E-state index in [0.717, 1.165) is 18.8 Å². The van der Waals surface area contributed by atoms with E-state index in [0.29, 0.717) is 0 Å². The quantitative estimate of drug-likeness (QED) is 0.639. The van der Waals surface area contributed by atoms with E-state index in [2.05, 4.69) is 36.9 Å². The summed E-state index contributed by atoms with van der Waals surface area (Å²) in [5.41, 5.74) is 2.54. The summed E-state index contributed by atoms with van der Waals surface area (Å²) in [4.78, 5) is 20.7. The molecule has 0 atom stereocenters. The second-order valence-electron chi connectivity index (χ2n) is 5.63. The molecule has 1 aromatic carbocycles. The molecule has 0 unspecified atom stereocenters. The van der Waals surface area contributed by atoms with Crippen molar-refractivity contribution >= 4 is 11.9 Å². The lowest BCUT2D eigenvalue weighted by Crippen LogP contribution is -2.21. The summed E-state index contributed by atoms with van der Waals surface area (Å²) in [6.45, 7) is 8.81. The molecule has 1 aliphatic heterocycles. The van der Waals surface area contributed by atoms with Crippen LogP contribution in [0, 0.1) is 13.8 Å². The molecule has 0 aliphatic carbocycles. The van der Waals surface area contributed by atoms with Crippen LogP contribution in [0.25, 0.3) is 0 Å². The SMILES string of the molecule is Cc1ccc(OCCCN2CCCC2)c(C)c1.O=C(O)C(=O)O. The molecule has 0 spiro atoms. The highest BCUT2D eigenvalue weighted by molar-refractivity contribution is 6.27. The Morgan fingerprint density at radius 3 is 2.26 bits per heavy atom. The minimum absolute atomic E-state index is 0.834. The lowest BCUT2D eigenvalue weighted by atomic mass is 10.1. The third-order valence-corrected chi connectivity index (χ3v) is 3.59. The fourth-order valence-electron chi connectivity index (χ4n) is 2.44. The summed E-state index contributed by atoms with van der Waals surface area (Å²) in [6, 6.07) is 6.37. The summed E-state index contributed by atoms with van der Waals surface area (Å²) in [5, 5.41) is 14.8. The van der Waals surface area contributed by atoms with Crippen LogP contribution in [0.5, 0.6) is 5.75 Å². The number of nitrogens with zero attached hydrogens (tertiary/aromatic N) is 1. The molecule has 2 rings (SSSR count). The number of carbonyl (C=O) groups is 2. The Kier molecular flexibility index (Phi) is 8.11. The highest BCUT2D eigenvalue weighted by Gasteiger charge is 2.10. The third kappa shape index (κ3) is 7.65. The van der Waals surface area contributed by atoms with Crippen molar-refractivity contribution in [1.29, 1.82) is 0 Å². The number of hydrogen-bond acceptors (Lipinski definition) is 4. The summed E-state index contributed by atoms with van der Waals surface area (Å²) in [6.07, 6.45) is 3.88. The lowest BCUT2D eigenvalue weighted by Gasteiger charge is -2.15. The van der Waals surface area contributed by atoms with Gasteiger partial charge >= 0.3 is 11.9 Å². The Morgan fingerprint density at radius 1 is 1.13 bits per heavy atom. The van der Waals surface area contributed by atoms with Gasteiger partial charge in [0.1, 0.15) is 5.75 Å². The highest BCUT2D eigenvalue weighted by Crippen LogP contribution is 2.18. The maximum Gasteiger partial charge on any atom is 0.414 e. The summed E-state index contributed by atoms with van der Waals surface area (Å²) >= 11 is 0. The van der Waals surface area contributed by atoms with E-state index >= 15 is 0 Å². The smallest absolute Gasteiger partial charge is 0.414 e. The van der Waals surface area contributed by atoms with Crippen LogP contribution in [0.15, 0.2) is 18.2 Å². The van der Waals surface area contributed by atoms with Gasteiger partial charge in [-0.15, -0.1) is 0 Å². The van der Waals surface area contributed by atoms with Crippen molar-refractivity contribution in [2.75, 3.05) is 26.2 Å². The van der Waals surface area contributed by atoms with Crippen LogP contribution in [0.2, 0.25) is 0 Å². The third-order valence-electron chi connectivity index (χ3n) is 3.59. The van der Waals surface area contributed by atoms with Gasteiger partial charge in [-0.2, -0.15) is 0 Å². The molecule has 1 aromatic rings. The number of carboxylic acids is 2. The van der Waals surface area contributed by atoms with Crippen molar-refractivity contribution in [3.8, 4) is 5.75 Å². The zero-order chi connectivity index (χ0) is 17.2. The average Bonchev–Trinajstić information content (AvgIpc) is 2.99. The van der Waals surface area contributed by atoms with Crippen molar-refractivity contribution in [3.05, 3.63) is 29.3 Å². The Labute approximate surface area is 136 Å². The van der Waals surface area contributed by atoms with Crippen molar-refractivity contribution in [3.63, 3.8) is 0 Å². The predicted molar refractivity (Wildman–Crippen MR) is 87.0 cm³/mol. The molecule has 0 aromatic heterocycles. The second kappa shape index (κ2) is 9.84. The van der Waals surface area contributed by atoms with E-state index < -0.39 is 11.9 Å². The normalized spacial score (nSPS) is 14.0. The number of carboxylic acid groups (broad SMARTS) is 2. The van der Waals surface area contributed by atoms with E-state index in [1.165, 1.54) is 43.6 Å². The molecule has 23 heavy (non-hydrogen) atoms. The average molecular weight is 323 g/mol. The maximum absolute atomic E-state index is 9.10. The fourth-order valence-corrected chi connectivity index (χ4v) is 2.44. The van der Waals surface area contributed by atoms with Gasteiger partial charge in [-0.25, -0.2) is 9.59 Å². The van der Waals surface area contributed by atoms with Gasteiger partial charge in [0.15, 0.2) is 0 Å². The standard InChI is InChI=1S/C15H23NO.C2H2O4/c1-13-6-7-15(14(2)12-13)17-11-5-10-16-8-3-4-9-16;3-1(4)2(5)6/h6-7,12H,3-5,8-11H2,1-2H3;(H,3,4)(H,5,6). The van der Waals surface area contributed by atoms with Gasteiger partial charge in [0.2, 0.25) is 0 Å². The number of rotatable bonds is 5. The van der Waals surface area contributed by atoms with Crippen LogP contribution < -0.4 is 4.74 Å². The highest BCUT2D eigenvalue weighted by atomic mass is 16.5. The first kappa shape index (κ1) is 19.0. The predicted octanol–water partition coefficient (Wildman–Crippen LogP) is 2.32. The molecular formula is C17H25NO5. The molecule has 0 radical (unpaired) electrons. The van der Waals surface area contributed by atoms with E-state index in [9.17, 15) is 0 Å². The first-order valence-corrected chi connectivity index (χ1v) is 7.78. The number of likely N-dealkylation sites (tertiary alicyclic amines) is 1. The Balaban J connectivity index is 0.000000379. The van der Waals surface area contributed by atoms with E-state index in [1.807, 2.05) is 0 Å². The topological polar surface area (TPSA) is 87.1 Å². The number of aliphatic carboxylic acids is 2. The van der Waals surface area contributed by atoms with E-state index in [-0.39, 0.29) is 0 Å². The maximum atomic E-state index is 9.10. The van der Waals surface area contributed by atoms with Gasteiger partial charge in [-0.05, 0) is 57.8 Å². The van der Waals surface area contributed by atoms with Crippen LogP contribution in [0.3, 0.4) is 0 Å². The Bertz CT molecular complexity index is 512. The lowest BCUT2D eigenvalue weighted by molar-refractivity contribution is -0.159. The van der Waals surface area contributed by atoms with Gasteiger partial charge in [-0.3, -0.25) is 0 Å². The van der Waals surface area contributed by atoms with Crippen molar-refractivity contribution < 1.29 is 24.5 Å². The summed E-state index contributed by atoms with van der Waals surface area (Å²) in [5.74, 6) is -2.61. The summed E-state index contributed by atoms with van der Waals surface area (Å²) < 4.78 is 5.82. The zero-order valence-corrected chi connectivity index (χ0v) is 13.7. The Hall–Kier alpha value is -2.08. The second-order valence-corrected chi connectivity index (χ2v) is 5.63. The van der Waals surface area contributed by atoms with Crippen LogP contribution in [-0.4, -0.2) is 53.3 Å². The molecule has 0 amide bonds. The number of hydrogen-bond donors (Lipinski definition) is 2. The van der Waals surface area contributed by atoms with Gasteiger partial charge in [0, 0.05) is 6.54 Å². The van der Waals surface area contributed by atoms with Crippen LogP contribution >= 0.6 is 0 Å². The fraction of sp³-hybridized carbons (Fsp3) is 0.529. The first-order chi connectivity index (χ1) is 10.9.